The summed E-state index contributed by atoms with van der Waals surface area (Å²) in [7, 11) is 0. The summed E-state index contributed by atoms with van der Waals surface area (Å²) in [6, 6.07) is 15.1. The van der Waals surface area contributed by atoms with Crippen molar-refractivity contribution in [2.45, 2.75) is 25.9 Å². The third kappa shape index (κ3) is 3.72. The SMILES string of the molecule is CC[NH+](Cc1ccccc1)CN1C(=O)N[C@@](C)(c2ccc([N+](=O)[O-])cc2)C1=O. The highest BCUT2D eigenvalue weighted by Crippen LogP contribution is 2.29. The summed E-state index contributed by atoms with van der Waals surface area (Å²) in [5.41, 5.74) is 0.340. The molecule has 28 heavy (non-hydrogen) atoms. The van der Waals surface area contributed by atoms with Crippen LogP contribution in [0.25, 0.3) is 0 Å². The van der Waals surface area contributed by atoms with Crippen molar-refractivity contribution < 1.29 is 19.4 Å². The highest BCUT2D eigenvalue weighted by atomic mass is 16.6. The van der Waals surface area contributed by atoms with Gasteiger partial charge in [-0.2, -0.15) is 0 Å². The maximum Gasteiger partial charge on any atom is 0.329 e. The molecule has 0 bridgehead atoms. The van der Waals surface area contributed by atoms with Gasteiger partial charge in [0.25, 0.3) is 11.6 Å². The molecular formula is C20H23N4O4+. The van der Waals surface area contributed by atoms with Crippen LogP contribution in [0.5, 0.6) is 0 Å². The van der Waals surface area contributed by atoms with Crippen molar-refractivity contribution in [2.75, 3.05) is 13.2 Å². The Balaban J connectivity index is 1.77. The summed E-state index contributed by atoms with van der Waals surface area (Å²) in [6.45, 7) is 5.32. The van der Waals surface area contributed by atoms with Crippen LogP contribution >= 0.6 is 0 Å². The highest BCUT2D eigenvalue weighted by Gasteiger charge is 2.50. The van der Waals surface area contributed by atoms with Gasteiger partial charge in [-0.05, 0) is 31.5 Å². The number of nitro benzene ring substituents is 1. The van der Waals surface area contributed by atoms with Crippen molar-refractivity contribution in [3.63, 3.8) is 0 Å². The van der Waals surface area contributed by atoms with Gasteiger partial charge in [0.05, 0.1) is 11.5 Å². The van der Waals surface area contributed by atoms with Gasteiger partial charge < -0.3 is 10.2 Å². The lowest BCUT2D eigenvalue weighted by molar-refractivity contribution is -0.919. The van der Waals surface area contributed by atoms with E-state index in [9.17, 15) is 19.7 Å². The molecule has 0 aliphatic carbocycles. The van der Waals surface area contributed by atoms with Gasteiger partial charge in [0, 0.05) is 17.7 Å². The zero-order valence-corrected chi connectivity index (χ0v) is 15.8. The van der Waals surface area contributed by atoms with Crippen LogP contribution in [0.2, 0.25) is 0 Å². The lowest BCUT2D eigenvalue weighted by Crippen LogP contribution is -3.12. The summed E-state index contributed by atoms with van der Waals surface area (Å²) in [6.07, 6.45) is 0. The maximum atomic E-state index is 13.1. The van der Waals surface area contributed by atoms with Crippen molar-refractivity contribution >= 4 is 17.6 Å². The van der Waals surface area contributed by atoms with Crippen LogP contribution in [0.4, 0.5) is 10.5 Å². The van der Waals surface area contributed by atoms with Crippen LogP contribution < -0.4 is 10.2 Å². The van der Waals surface area contributed by atoms with Gasteiger partial charge in [-0.3, -0.25) is 14.9 Å². The average molecular weight is 383 g/mol. The molecule has 1 saturated heterocycles. The van der Waals surface area contributed by atoms with E-state index in [1.54, 1.807) is 6.92 Å². The number of imide groups is 1. The molecule has 1 aliphatic rings. The minimum absolute atomic E-state index is 0.0644. The van der Waals surface area contributed by atoms with Crippen LogP contribution in [-0.4, -0.2) is 35.0 Å². The average Bonchev–Trinajstić information content (AvgIpc) is 2.92. The van der Waals surface area contributed by atoms with Crippen molar-refractivity contribution in [1.82, 2.24) is 10.2 Å². The Morgan fingerprint density at radius 1 is 1.11 bits per heavy atom. The van der Waals surface area contributed by atoms with E-state index < -0.39 is 16.5 Å². The molecule has 1 aliphatic heterocycles. The molecule has 1 heterocycles. The first kappa shape index (κ1) is 19.5. The van der Waals surface area contributed by atoms with Gasteiger partial charge in [0.15, 0.2) is 6.67 Å². The largest absolute Gasteiger partial charge is 0.329 e. The number of non-ortho nitro benzene ring substituents is 1. The van der Waals surface area contributed by atoms with E-state index in [2.05, 4.69) is 5.32 Å². The molecule has 0 radical (unpaired) electrons. The number of nitrogens with zero attached hydrogens (tertiary/aromatic N) is 2. The molecule has 8 heteroatoms. The molecule has 3 rings (SSSR count). The molecule has 146 valence electrons. The van der Waals surface area contributed by atoms with Gasteiger partial charge in [-0.15, -0.1) is 0 Å². The zero-order valence-electron chi connectivity index (χ0n) is 15.8. The first-order valence-electron chi connectivity index (χ1n) is 9.11. The molecule has 1 fully saturated rings. The lowest BCUT2D eigenvalue weighted by atomic mass is 9.92. The number of rotatable bonds is 7. The Morgan fingerprint density at radius 3 is 2.32 bits per heavy atom. The predicted octanol–water partition coefficient (Wildman–Crippen LogP) is 1.42. The Kier molecular flexibility index (Phi) is 5.41. The number of urea groups is 1. The van der Waals surface area contributed by atoms with E-state index in [-0.39, 0.29) is 18.3 Å². The van der Waals surface area contributed by atoms with E-state index in [1.165, 1.54) is 29.2 Å². The number of carbonyl (C=O) groups is 2. The molecule has 2 aromatic rings. The van der Waals surface area contributed by atoms with Crippen LogP contribution in [0, 0.1) is 10.1 Å². The van der Waals surface area contributed by atoms with Gasteiger partial charge in [0.2, 0.25) is 0 Å². The molecule has 0 spiro atoms. The highest BCUT2D eigenvalue weighted by molar-refractivity contribution is 6.07. The fourth-order valence-electron chi connectivity index (χ4n) is 3.35. The van der Waals surface area contributed by atoms with Gasteiger partial charge in [-0.1, -0.05) is 30.3 Å². The van der Waals surface area contributed by atoms with E-state index in [4.69, 9.17) is 0 Å². The lowest BCUT2D eigenvalue weighted by Gasteiger charge is -2.24. The standard InChI is InChI=1S/C20H22N4O4/c1-3-22(13-15-7-5-4-6-8-15)14-23-18(25)20(2,21-19(23)26)16-9-11-17(12-10-16)24(27)28/h4-12H,3,13-14H2,1-2H3,(H,21,26)/p+1/t20-/m0/s1. The number of benzene rings is 2. The molecule has 2 aromatic carbocycles. The smallest absolute Gasteiger partial charge is 0.319 e. The second-order valence-electron chi connectivity index (χ2n) is 7.02. The Morgan fingerprint density at radius 2 is 1.75 bits per heavy atom. The van der Waals surface area contributed by atoms with Gasteiger partial charge in [-0.25, -0.2) is 9.69 Å². The maximum absolute atomic E-state index is 13.1. The molecule has 0 aromatic heterocycles. The molecule has 1 unspecified atom stereocenters. The zero-order chi connectivity index (χ0) is 20.3. The first-order chi connectivity index (χ1) is 13.3. The second-order valence-corrected chi connectivity index (χ2v) is 7.02. The fourth-order valence-corrected chi connectivity index (χ4v) is 3.35. The van der Waals surface area contributed by atoms with Crippen LogP contribution in [0.3, 0.4) is 0 Å². The first-order valence-corrected chi connectivity index (χ1v) is 9.11. The quantitative estimate of drug-likeness (QED) is 0.429. The number of hydrogen-bond acceptors (Lipinski definition) is 4. The van der Waals surface area contributed by atoms with E-state index in [1.807, 2.05) is 37.3 Å². The third-order valence-electron chi connectivity index (χ3n) is 5.11. The molecule has 8 nitrogen and oxygen atoms in total. The Bertz CT molecular complexity index is 885. The normalized spacial score (nSPS) is 20.1. The fraction of sp³-hybridized carbons (Fsp3) is 0.300. The summed E-state index contributed by atoms with van der Waals surface area (Å²) in [4.78, 5) is 38.2. The van der Waals surface area contributed by atoms with Crippen LogP contribution in [-0.2, 0) is 16.9 Å². The van der Waals surface area contributed by atoms with Crippen LogP contribution in [0.15, 0.2) is 54.6 Å². The summed E-state index contributed by atoms with van der Waals surface area (Å²) in [5, 5.41) is 13.6. The van der Waals surface area contributed by atoms with Gasteiger partial charge in [0.1, 0.15) is 12.1 Å². The minimum Gasteiger partial charge on any atom is -0.319 e. The van der Waals surface area contributed by atoms with Crippen molar-refractivity contribution in [3.8, 4) is 0 Å². The van der Waals surface area contributed by atoms with Crippen molar-refractivity contribution in [1.29, 1.82) is 0 Å². The summed E-state index contributed by atoms with van der Waals surface area (Å²) >= 11 is 0. The Labute approximate surface area is 162 Å². The van der Waals surface area contributed by atoms with Gasteiger partial charge >= 0.3 is 6.03 Å². The number of amides is 3. The number of quaternary nitrogens is 1. The van der Waals surface area contributed by atoms with Crippen molar-refractivity contribution in [3.05, 3.63) is 75.8 Å². The third-order valence-corrected chi connectivity index (χ3v) is 5.11. The number of hydrogen-bond donors (Lipinski definition) is 2. The Hall–Kier alpha value is -3.26. The number of nitro groups is 1. The minimum atomic E-state index is -1.24. The molecular weight excluding hydrogens is 360 g/mol. The molecule has 2 atom stereocenters. The molecule has 2 N–H and O–H groups in total. The summed E-state index contributed by atoms with van der Waals surface area (Å²) < 4.78 is 0. The number of carbonyl (C=O) groups excluding carboxylic acids is 2. The van der Waals surface area contributed by atoms with E-state index in [0.717, 1.165) is 17.0 Å². The van der Waals surface area contributed by atoms with E-state index in [0.29, 0.717) is 12.1 Å². The molecule has 3 amide bonds. The molecule has 0 saturated carbocycles. The predicted molar refractivity (Wildman–Crippen MR) is 102 cm³/mol. The topological polar surface area (TPSA) is 97.0 Å². The van der Waals surface area contributed by atoms with E-state index >= 15 is 0 Å². The summed E-state index contributed by atoms with van der Waals surface area (Å²) in [5.74, 6) is -0.356. The number of nitrogens with one attached hydrogen (secondary N) is 2. The van der Waals surface area contributed by atoms with Crippen molar-refractivity contribution in [2.24, 2.45) is 0 Å². The second kappa shape index (κ2) is 7.77. The monoisotopic (exact) mass is 383 g/mol. The van der Waals surface area contributed by atoms with Crippen LogP contribution in [0.1, 0.15) is 25.0 Å².